The van der Waals surface area contributed by atoms with Crippen LogP contribution in [0.1, 0.15) is 40.0 Å². The van der Waals surface area contributed by atoms with E-state index in [1.807, 2.05) is 4.90 Å². The predicted octanol–water partition coefficient (Wildman–Crippen LogP) is 1.24. The maximum atomic E-state index is 11.8. The van der Waals surface area contributed by atoms with Crippen LogP contribution in [0.3, 0.4) is 0 Å². The van der Waals surface area contributed by atoms with Gasteiger partial charge in [-0.2, -0.15) is 0 Å². The number of β-amino-alcohol motifs (C(OH)–C–C–N with tert-alkyl or cyclic N) is 1. The fourth-order valence-corrected chi connectivity index (χ4v) is 2.49. The molecule has 0 aliphatic carbocycles. The minimum Gasteiger partial charge on any atom is -0.390 e. The third-order valence-corrected chi connectivity index (χ3v) is 3.36. The number of hydrogen-bond acceptors (Lipinski definition) is 3. The van der Waals surface area contributed by atoms with Gasteiger partial charge < -0.3 is 15.3 Å². The van der Waals surface area contributed by atoms with Crippen molar-refractivity contribution in [3.8, 4) is 0 Å². The maximum Gasteiger partial charge on any atom is 0.223 e. The lowest BCUT2D eigenvalue weighted by atomic mass is 10.0. The summed E-state index contributed by atoms with van der Waals surface area (Å²) in [4.78, 5) is 13.6. The molecule has 0 aromatic carbocycles. The number of hydrogen-bond donors (Lipinski definition) is 2. The first-order chi connectivity index (χ1) is 8.52. The quantitative estimate of drug-likeness (QED) is 0.687. The van der Waals surface area contributed by atoms with E-state index in [0.29, 0.717) is 31.3 Å². The highest BCUT2D eigenvalue weighted by Crippen LogP contribution is 2.22. The van der Waals surface area contributed by atoms with Crippen molar-refractivity contribution >= 4 is 5.91 Å². The Labute approximate surface area is 111 Å². The summed E-state index contributed by atoms with van der Waals surface area (Å²) >= 11 is 0. The molecule has 4 nitrogen and oxygen atoms in total. The average Bonchev–Trinajstić information content (AvgIpc) is 2.59. The highest BCUT2D eigenvalue weighted by atomic mass is 16.3. The van der Waals surface area contributed by atoms with E-state index in [0.717, 1.165) is 25.9 Å². The van der Waals surface area contributed by atoms with Gasteiger partial charge in [0.05, 0.1) is 6.10 Å². The Hall–Kier alpha value is -0.610. The van der Waals surface area contributed by atoms with Gasteiger partial charge in [-0.1, -0.05) is 27.2 Å². The number of aliphatic hydroxyl groups excluding tert-OH is 1. The molecule has 1 rings (SSSR count). The fraction of sp³-hybridized carbons (Fsp3) is 0.929. The number of likely N-dealkylation sites (tertiary alicyclic amines) is 1. The van der Waals surface area contributed by atoms with Crippen molar-refractivity contribution in [3.63, 3.8) is 0 Å². The first-order valence-electron chi connectivity index (χ1n) is 7.19. The van der Waals surface area contributed by atoms with Gasteiger partial charge in [-0.3, -0.25) is 4.79 Å². The summed E-state index contributed by atoms with van der Waals surface area (Å²) in [5.74, 6) is 1.29. The molecule has 2 atom stereocenters. The van der Waals surface area contributed by atoms with Gasteiger partial charge in [0.2, 0.25) is 5.91 Å². The summed E-state index contributed by atoms with van der Waals surface area (Å²) in [6, 6.07) is 0. The first kappa shape index (κ1) is 15.4. The van der Waals surface area contributed by atoms with Crippen LogP contribution in [0.5, 0.6) is 0 Å². The van der Waals surface area contributed by atoms with Crippen molar-refractivity contribution in [3.05, 3.63) is 0 Å². The van der Waals surface area contributed by atoms with Crippen LogP contribution in [-0.2, 0) is 4.79 Å². The summed E-state index contributed by atoms with van der Waals surface area (Å²) in [6.07, 6.45) is 2.46. The monoisotopic (exact) mass is 256 g/mol. The summed E-state index contributed by atoms with van der Waals surface area (Å²) in [5.41, 5.74) is 0. The molecule has 106 valence electrons. The molecule has 1 saturated heterocycles. The molecule has 1 aliphatic heterocycles. The van der Waals surface area contributed by atoms with Crippen LogP contribution in [0.2, 0.25) is 0 Å². The molecule has 2 N–H and O–H groups in total. The number of aliphatic hydroxyl groups is 1. The van der Waals surface area contributed by atoms with Crippen LogP contribution < -0.4 is 5.32 Å². The lowest BCUT2D eigenvalue weighted by Gasteiger charge is -2.21. The molecule has 1 aliphatic rings. The Bertz CT molecular complexity index is 256. The molecule has 0 aromatic rings. The third-order valence-electron chi connectivity index (χ3n) is 3.36. The standard InChI is InChI=1S/C14H28N2O2/c1-4-5-12-6-14(18)16(9-12)10-13(17)8-15-7-11(2)3/h11-13,15,17H,4-10H2,1-3H3. The van der Waals surface area contributed by atoms with E-state index in [-0.39, 0.29) is 5.91 Å². The topological polar surface area (TPSA) is 52.6 Å². The lowest BCUT2D eigenvalue weighted by molar-refractivity contribution is -0.128. The zero-order valence-corrected chi connectivity index (χ0v) is 12.0. The second kappa shape index (κ2) is 7.74. The second-order valence-corrected chi connectivity index (χ2v) is 5.86. The van der Waals surface area contributed by atoms with Crippen LogP contribution in [-0.4, -0.2) is 48.2 Å². The van der Waals surface area contributed by atoms with Crippen molar-refractivity contribution in [1.29, 1.82) is 0 Å². The number of amides is 1. The van der Waals surface area contributed by atoms with Crippen molar-refractivity contribution in [1.82, 2.24) is 10.2 Å². The van der Waals surface area contributed by atoms with E-state index in [4.69, 9.17) is 0 Å². The van der Waals surface area contributed by atoms with Gasteiger partial charge in [-0.05, 0) is 24.8 Å². The number of nitrogens with zero attached hydrogens (tertiary/aromatic N) is 1. The van der Waals surface area contributed by atoms with Crippen LogP contribution in [0.4, 0.5) is 0 Å². The van der Waals surface area contributed by atoms with Crippen molar-refractivity contribution in [2.45, 2.75) is 46.1 Å². The lowest BCUT2D eigenvalue weighted by Crippen LogP contribution is -2.39. The van der Waals surface area contributed by atoms with Gasteiger partial charge in [0.1, 0.15) is 0 Å². The first-order valence-corrected chi connectivity index (χ1v) is 7.19. The molecule has 1 heterocycles. The predicted molar refractivity (Wildman–Crippen MR) is 73.3 cm³/mol. The summed E-state index contributed by atoms with van der Waals surface area (Å²) in [6.45, 7) is 9.21. The van der Waals surface area contributed by atoms with E-state index in [1.165, 1.54) is 0 Å². The minimum absolute atomic E-state index is 0.205. The molecule has 1 amide bonds. The zero-order valence-electron chi connectivity index (χ0n) is 12.0. The van der Waals surface area contributed by atoms with Crippen LogP contribution >= 0.6 is 0 Å². The summed E-state index contributed by atoms with van der Waals surface area (Å²) in [5, 5.41) is 13.1. The van der Waals surface area contributed by atoms with Crippen molar-refractivity contribution in [2.24, 2.45) is 11.8 Å². The van der Waals surface area contributed by atoms with Crippen molar-refractivity contribution < 1.29 is 9.90 Å². The second-order valence-electron chi connectivity index (χ2n) is 5.86. The molecule has 1 fully saturated rings. The maximum absolute atomic E-state index is 11.8. The summed E-state index contributed by atoms with van der Waals surface area (Å²) < 4.78 is 0. The van der Waals surface area contributed by atoms with Crippen LogP contribution in [0.25, 0.3) is 0 Å². The van der Waals surface area contributed by atoms with E-state index in [1.54, 1.807) is 0 Å². The Balaban J connectivity index is 2.23. The Morgan fingerprint density at radius 2 is 2.17 bits per heavy atom. The molecular weight excluding hydrogens is 228 g/mol. The number of carbonyl (C=O) groups excluding carboxylic acids is 1. The smallest absolute Gasteiger partial charge is 0.223 e. The average molecular weight is 256 g/mol. The van der Waals surface area contributed by atoms with Gasteiger partial charge in [-0.25, -0.2) is 0 Å². The summed E-state index contributed by atoms with van der Waals surface area (Å²) in [7, 11) is 0. The van der Waals surface area contributed by atoms with Gasteiger partial charge in [0.25, 0.3) is 0 Å². The Kier molecular flexibility index (Phi) is 6.65. The molecule has 2 unspecified atom stereocenters. The Morgan fingerprint density at radius 1 is 1.44 bits per heavy atom. The highest BCUT2D eigenvalue weighted by Gasteiger charge is 2.29. The SMILES string of the molecule is CCCC1CC(=O)N(CC(O)CNCC(C)C)C1. The van der Waals surface area contributed by atoms with E-state index >= 15 is 0 Å². The number of rotatable bonds is 8. The largest absolute Gasteiger partial charge is 0.390 e. The van der Waals surface area contributed by atoms with Gasteiger partial charge in [0.15, 0.2) is 0 Å². The molecule has 18 heavy (non-hydrogen) atoms. The fourth-order valence-electron chi connectivity index (χ4n) is 2.49. The molecule has 0 radical (unpaired) electrons. The van der Waals surface area contributed by atoms with Gasteiger partial charge >= 0.3 is 0 Å². The van der Waals surface area contributed by atoms with E-state index in [2.05, 4.69) is 26.1 Å². The minimum atomic E-state index is -0.451. The van der Waals surface area contributed by atoms with Crippen LogP contribution in [0, 0.1) is 11.8 Å². The van der Waals surface area contributed by atoms with Crippen LogP contribution in [0.15, 0.2) is 0 Å². The highest BCUT2D eigenvalue weighted by molar-refractivity contribution is 5.78. The normalized spacial score (nSPS) is 21.9. The molecule has 0 spiro atoms. The third kappa shape index (κ3) is 5.36. The van der Waals surface area contributed by atoms with Crippen molar-refractivity contribution in [2.75, 3.05) is 26.2 Å². The molecule has 0 bridgehead atoms. The molecule has 4 heteroatoms. The molecule has 0 saturated carbocycles. The zero-order chi connectivity index (χ0) is 13.5. The molecule has 0 aromatic heterocycles. The number of nitrogens with one attached hydrogen (secondary N) is 1. The van der Waals surface area contributed by atoms with E-state index in [9.17, 15) is 9.90 Å². The number of carbonyl (C=O) groups is 1. The molecular formula is C14H28N2O2. The Morgan fingerprint density at radius 3 is 2.78 bits per heavy atom. The van der Waals surface area contributed by atoms with Gasteiger partial charge in [0, 0.05) is 26.1 Å². The van der Waals surface area contributed by atoms with E-state index < -0.39 is 6.10 Å². The van der Waals surface area contributed by atoms with Gasteiger partial charge in [-0.15, -0.1) is 0 Å².